The molecule has 0 unspecified atom stereocenters. The zero-order valence-corrected chi connectivity index (χ0v) is 11.9. The summed E-state index contributed by atoms with van der Waals surface area (Å²) in [7, 11) is 0. The average Bonchev–Trinajstić information content (AvgIpc) is 2.32. The van der Waals surface area contributed by atoms with Crippen molar-refractivity contribution in [3.63, 3.8) is 0 Å². The highest BCUT2D eigenvalue weighted by molar-refractivity contribution is 7.99. The molecule has 1 aromatic heterocycles. The Morgan fingerprint density at radius 3 is 2.35 bits per heavy atom. The van der Waals surface area contributed by atoms with Gasteiger partial charge in [0.15, 0.2) is 0 Å². The number of hydrogen-bond donors (Lipinski definition) is 1. The van der Waals surface area contributed by atoms with Crippen LogP contribution in [0.4, 0.5) is 19.0 Å². The van der Waals surface area contributed by atoms with Crippen molar-refractivity contribution in [3.05, 3.63) is 40.1 Å². The molecule has 0 aliphatic rings. The Bertz CT molecular complexity index is 649. The predicted molar refractivity (Wildman–Crippen MR) is 72.0 cm³/mol. The molecule has 1 heterocycles. The first-order valence-electron chi connectivity index (χ1n) is 5.10. The third kappa shape index (κ3) is 3.68. The minimum Gasteiger partial charge on any atom is -0.384 e. The molecule has 3 nitrogen and oxygen atoms in total. The lowest BCUT2D eigenvalue weighted by atomic mass is 10.4. The van der Waals surface area contributed by atoms with Crippen molar-refractivity contribution < 1.29 is 13.2 Å². The van der Waals surface area contributed by atoms with Gasteiger partial charge in [0.25, 0.3) is 0 Å². The predicted octanol–water partition coefficient (Wildman–Crippen LogP) is 4.54. The summed E-state index contributed by atoms with van der Waals surface area (Å²) in [6.07, 6.45) is -4.65. The summed E-state index contributed by atoms with van der Waals surface area (Å²) < 4.78 is 37.7. The molecular formula is C11H6Cl2F3N3S. The molecule has 2 rings (SSSR count). The van der Waals surface area contributed by atoms with Gasteiger partial charge in [-0.1, -0.05) is 35.0 Å². The SMILES string of the molecule is Nc1cc(Sc2ccc(Cl)c(Cl)c2)nc(C(F)(F)F)n1. The third-order valence-electron chi connectivity index (χ3n) is 2.09. The topological polar surface area (TPSA) is 51.8 Å². The van der Waals surface area contributed by atoms with E-state index in [0.29, 0.717) is 14.9 Å². The van der Waals surface area contributed by atoms with Crippen molar-refractivity contribution in [2.45, 2.75) is 16.1 Å². The molecule has 106 valence electrons. The van der Waals surface area contributed by atoms with Crippen LogP contribution in [-0.2, 0) is 6.18 Å². The van der Waals surface area contributed by atoms with Gasteiger partial charge in [-0.25, -0.2) is 9.97 Å². The van der Waals surface area contributed by atoms with E-state index in [1.54, 1.807) is 12.1 Å². The molecule has 1 aromatic carbocycles. The Morgan fingerprint density at radius 2 is 1.75 bits per heavy atom. The number of nitrogen functional groups attached to an aromatic ring is 1. The maximum Gasteiger partial charge on any atom is 0.451 e. The molecule has 0 saturated carbocycles. The van der Waals surface area contributed by atoms with Crippen molar-refractivity contribution in [1.82, 2.24) is 9.97 Å². The van der Waals surface area contributed by atoms with E-state index in [4.69, 9.17) is 28.9 Å². The molecule has 2 N–H and O–H groups in total. The lowest BCUT2D eigenvalue weighted by Crippen LogP contribution is -2.12. The monoisotopic (exact) mass is 339 g/mol. The van der Waals surface area contributed by atoms with E-state index in [2.05, 4.69) is 9.97 Å². The molecule has 9 heteroatoms. The number of benzene rings is 1. The molecule has 0 aliphatic carbocycles. The van der Waals surface area contributed by atoms with Crippen molar-refractivity contribution in [3.8, 4) is 0 Å². The zero-order chi connectivity index (χ0) is 14.9. The quantitative estimate of drug-likeness (QED) is 0.816. The smallest absolute Gasteiger partial charge is 0.384 e. The van der Waals surface area contributed by atoms with Gasteiger partial charge in [-0.2, -0.15) is 13.2 Å². The molecule has 2 aromatic rings. The van der Waals surface area contributed by atoms with Crippen LogP contribution in [0.1, 0.15) is 5.82 Å². The molecule has 20 heavy (non-hydrogen) atoms. The van der Waals surface area contributed by atoms with Crippen molar-refractivity contribution in [1.29, 1.82) is 0 Å². The number of nitrogens with zero attached hydrogens (tertiary/aromatic N) is 2. The maximum atomic E-state index is 12.6. The fourth-order valence-electron chi connectivity index (χ4n) is 1.28. The fraction of sp³-hybridized carbons (Fsp3) is 0.0909. The van der Waals surface area contributed by atoms with E-state index >= 15 is 0 Å². The second-order valence-electron chi connectivity index (χ2n) is 3.63. The van der Waals surface area contributed by atoms with Gasteiger partial charge >= 0.3 is 6.18 Å². The second-order valence-corrected chi connectivity index (χ2v) is 5.54. The minimum absolute atomic E-state index is 0.0724. The fourth-order valence-corrected chi connectivity index (χ4v) is 2.51. The normalized spacial score (nSPS) is 11.7. The van der Waals surface area contributed by atoms with Gasteiger partial charge in [-0.05, 0) is 18.2 Å². The summed E-state index contributed by atoms with van der Waals surface area (Å²) in [5.41, 5.74) is 5.35. The highest BCUT2D eigenvalue weighted by atomic mass is 35.5. The van der Waals surface area contributed by atoms with Crippen LogP contribution < -0.4 is 5.73 Å². The van der Waals surface area contributed by atoms with Gasteiger partial charge in [0, 0.05) is 11.0 Å². The molecule has 0 saturated heterocycles. The Hall–Kier alpha value is -1.18. The first kappa shape index (κ1) is 15.2. The summed E-state index contributed by atoms with van der Waals surface area (Å²) in [5.74, 6) is -1.53. The number of aromatic nitrogens is 2. The highest BCUT2D eigenvalue weighted by Crippen LogP contribution is 2.34. The van der Waals surface area contributed by atoms with Crippen molar-refractivity contribution >= 4 is 40.8 Å². The van der Waals surface area contributed by atoms with E-state index in [1.165, 1.54) is 12.1 Å². The summed E-state index contributed by atoms with van der Waals surface area (Å²) in [5, 5.41) is 0.729. The number of hydrogen-bond acceptors (Lipinski definition) is 4. The average molecular weight is 340 g/mol. The van der Waals surface area contributed by atoms with Gasteiger partial charge in [-0.3, -0.25) is 0 Å². The number of halogens is 5. The molecule has 0 fully saturated rings. The lowest BCUT2D eigenvalue weighted by molar-refractivity contribution is -0.145. The van der Waals surface area contributed by atoms with E-state index in [1.807, 2.05) is 0 Å². The molecule has 0 spiro atoms. The van der Waals surface area contributed by atoms with Gasteiger partial charge in [0.05, 0.1) is 10.0 Å². The van der Waals surface area contributed by atoms with E-state index < -0.39 is 12.0 Å². The van der Waals surface area contributed by atoms with Gasteiger partial charge in [-0.15, -0.1) is 0 Å². The number of nitrogens with two attached hydrogens (primary N) is 1. The molecule has 0 atom stereocenters. The Labute approximate surface area is 126 Å². The number of rotatable bonds is 2. The van der Waals surface area contributed by atoms with Gasteiger partial charge in [0.2, 0.25) is 5.82 Å². The summed E-state index contributed by atoms with van der Waals surface area (Å²) in [6, 6.07) is 5.94. The zero-order valence-electron chi connectivity index (χ0n) is 9.58. The van der Waals surface area contributed by atoms with E-state index in [-0.39, 0.29) is 10.8 Å². The van der Waals surface area contributed by atoms with E-state index in [9.17, 15) is 13.2 Å². The van der Waals surface area contributed by atoms with Crippen LogP contribution in [0.2, 0.25) is 10.0 Å². The Balaban J connectivity index is 2.33. The molecule has 0 bridgehead atoms. The highest BCUT2D eigenvalue weighted by Gasteiger charge is 2.35. The summed E-state index contributed by atoms with van der Waals surface area (Å²) in [4.78, 5) is 7.17. The van der Waals surface area contributed by atoms with Crippen LogP contribution in [0.3, 0.4) is 0 Å². The Morgan fingerprint density at radius 1 is 1.05 bits per heavy atom. The second kappa shape index (κ2) is 5.67. The summed E-state index contributed by atoms with van der Waals surface area (Å²) in [6.45, 7) is 0. The molecule has 0 amide bonds. The van der Waals surface area contributed by atoms with Crippen LogP contribution in [-0.4, -0.2) is 9.97 Å². The van der Waals surface area contributed by atoms with Crippen LogP contribution in [0.25, 0.3) is 0 Å². The van der Waals surface area contributed by atoms with Crippen molar-refractivity contribution in [2.24, 2.45) is 0 Å². The largest absolute Gasteiger partial charge is 0.451 e. The Kier molecular flexibility index (Phi) is 4.31. The number of alkyl halides is 3. The van der Waals surface area contributed by atoms with Crippen LogP contribution in [0.5, 0.6) is 0 Å². The first-order valence-corrected chi connectivity index (χ1v) is 6.67. The minimum atomic E-state index is -4.65. The van der Waals surface area contributed by atoms with Crippen molar-refractivity contribution in [2.75, 3.05) is 5.73 Å². The molecular weight excluding hydrogens is 334 g/mol. The van der Waals surface area contributed by atoms with Crippen LogP contribution in [0, 0.1) is 0 Å². The third-order valence-corrected chi connectivity index (χ3v) is 3.74. The molecule has 0 aliphatic heterocycles. The van der Waals surface area contributed by atoms with E-state index in [0.717, 1.165) is 11.8 Å². The summed E-state index contributed by atoms with van der Waals surface area (Å²) >= 11 is 12.6. The number of anilines is 1. The van der Waals surface area contributed by atoms with Crippen LogP contribution in [0.15, 0.2) is 34.2 Å². The lowest BCUT2D eigenvalue weighted by Gasteiger charge is -2.08. The molecule has 0 radical (unpaired) electrons. The first-order chi connectivity index (χ1) is 9.25. The standard InChI is InChI=1S/C11H6Cl2F3N3S/c12-6-2-1-5(3-7(6)13)20-9-4-8(17)18-10(19-9)11(14,15)16/h1-4H,(H2,17,18,19). The van der Waals surface area contributed by atoms with Gasteiger partial charge < -0.3 is 5.73 Å². The van der Waals surface area contributed by atoms with Crippen LogP contribution >= 0.6 is 35.0 Å². The van der Waals surface area contributed by atoms with Gasteiger partial charge in [0.1, 0.15) is 10.8 Å². The maximum absolute atomic E-state index is 12.6.